The Morgan fingerprint density at radius 2 is 1.60 bits per heavy atom. The van der Waals surface area contributed by atoms with Crippen molar-refractivity contribution in [1.29, 1.82) is 0 Å². The second kappa shape index (κ2) is 10.2. The number of hydrogen-bond acceptors (Lipinski definition) is 5. The van der Waals surface area contributed by atoms with E-state index in [2.05, 4.69) is 15.5 Å². The molecule has 35 heavy (non-hydrogen) atoms. The molecule has 184 valence electrons. The number of amides is 4. The van der Waals surface area contributed by atoms with E-state index >= 15 is 0 Å². The van der Waals surface area contributed by atoms with E-state index in [9.17, 15) is 14.4 Å². The third-order valence-corrected chi connectivity index (χ3v) is 7.35. The van der Waals surface area contributed by atoms with E-state index < -0.39 is 11.6 Å². The van der Waals surface area contributed by atoms with E-state index in [1.54, 1.807) is 0 Å². The summed E-state index contributed by atoms with van der Waals surface area (Å²) in [6.07, 6.45) is 3.58. The lowest BCUT2D eigenvalue weighted by molar-refractivity contribution is -0.133. The number of nitrogens with one attached hydrogen (secondary N) is 2. The van der Waals surface area contributed by atoms with Gasteiger partial charge in [-0.15, -0.1) is 0 Å². The fourth-order valence-corrected chi connectivity index (χ4v) is 5.34. The molecule has 3 heterocycles. The highest BCUT2D eigenvalue weighted by molar-refractivity contribution is 6.09. The fraction of sp³-hybridized carbons (Fsp3) is 0.444. The SMILES string of the molecule is O=C(NC[C@@H]1CCCO1)C1CCN(CN2C(=O)NC(c3ccccc3)(c3ccccc3)C2=O)CC1. The molecular weight excluding hydrogens is 444 g/mol. The summed E-state index contributed by atoms with van der Waals surface area (Å²) in [7, 11) is 0. The lowest BCUT2D eigenvalue weighted by atomic mass is 9.83. The minimum atomic E-state index is -1.25. The monoisotopic (exact) mass is 476 g/mol. The molecule has 0 saturated carbocycles. The molecule has 1 atom stereocenters. The van der Waals surface area contributed by atoms with Crippen molar-refractivity contribution in [3.63, 3.8) is 0 Å². The van der Waals surface area contributed by atoms with Gasteiger partial charge in [0.25, 0.3) is 5.91 Å². The van der Waals surface area contributed by atoms with Crippen LogP contribution >= 0.6 is 0 Å². The molecule has 3 fully saturated rings. The molecule has 0 radical (unpaired) electrons. The maximum atomic E-state index is 13.8. The zero-order valence-electron chi connectivity index (χ0n) is 19.8. The molecule has 0 aromatic heterocycles. The van der Waals surface area contributed by atoms with E-state index in [-0.39, 0.29) is 30.5 Å². The number of hydrogen-bond donors (Lipinski definition) is 2. The lowest BCUT2D eigenvalue weighted by Crippen LogP contribution is -2.48. The number of imide groups is 1. The van der Waals surface area contributed by atoms with Gasteiger partial charge in [0.05, 0.1) is 12.8 Å². The zero-order chi connectivity index (χ0) is 24.3. The Morgan fingerprint density at radius 1 is 0.971 bits per heavy atom. The summed E-state index contributed by atoms with van der Waals surface area (Å²) in [6, 6.07) is 18.3. The number of piperidine rings is 1. The third kappa shape index (κ3) is 4.68. The lowest BCUT2D eigenvalue weighted by Gasteiger charge is -2.33. The van der Waals surface area contributed by atoms with Crippen molar-refractivity contribution in [2.45, 2.75) is 37.3 Å². The van der Waals surface area contributed by atoms with Crippen LogP contribution in [0.25, 0.3) is 0 Å². The molecule has 0 bridgehead atoms. The molecule has 3 aliphatic heterocycles. The van der Waals surface area contributed by atoms with Crippen LogP contribution in [0.15, 0.2) is 60.7 Å². The van der Waals surface area contributed by atoms with E-state index in [0.29, 0.717) is 32.5 Å². The van der Waals surface area contributed by atoms with Gasteiger partial charge in [0.15, 0.2) is 5.54 Å². The van der Waals surface area contributed by atoms with Gasteiger partial charge in [0.2, 0.25) is 5.91 Å². The summed E-state index contributed by atoms with van der Waals surface area (Å²) in [5, 5.41) is 6.03. The molecule has 5 rings (SSSR count). The average Bonchev–Trinajstić information content (AvgIpc) is 3.51. The number of likely N-dealkylation sites (tertiary alicyclic amines) is 1. The molecule has 2 aromatic rings. The highest BCUT2D eigenvalue weighted by Crippen LogP contribution is 2.36. The van der Waals surface area contributed by atoms with Crippen LogP contribution in [0.2, 0.25) is 0 Å². The molecule has 0 spiro atoms. The predicted octanol–water partition coefficient (Wildman–Crippen LogP) is 2.45. The zero-order valence-corrected chi connectivity index (χ0v) is 19.8. The second-order valence-electron chi connectivity index (χ2n) is 9.56. The number of carbonyl (C=O) groups excluding carboxylic acids is 3. The van der Waals surface area contributed by atoms with Gasteiger partial charge < -0.3 is 15.4 Å². The van der Waals surface area contributed by atoms with Crippen molar-refractivity contribution in [3.8, 4) is 0 Å². The Labute approximate surface area is 205 Å². The smallest absolute Gasteiger partial charge is 0.326 e. The summed E-state index contributed by atoms with van der Waals surface area (Å²) in [5.41, 5.74) is 0.211. The van der Waals surface area contributed by atoms with Crippen LogP contribution in [0.3, 0.4) is 0 Å². The molecule has 4 amide bonds. The van der Waals surface area contributed by atoms with Gasteiger partial charge in [0, 0.05) is 32.2 Å². The first-order chi connectivity index (χ1) is 17.1. The Balaban J connectivity index is 1.24. The number of urea groups is 1. The van der Waals surface area contributed by atoms with Crippen LogP contribution in [0.1, 0.15) is 36.8 Å². The van der Waals surface area contributed by atoms with Gasteiger partial charge in [0.1, 0.15) is 0 Å². The van der Waals surface area contributed by atoms with Crippen LogP contribution in [-0.2, 0) is 19.9 Å². The number of ether oxygens (including phenoxy) is 1. The summed E-state index contributed by atoms with van der Waals surface area (Å²) >= 11 is 0. The topological polar surface area (TPSA) is 91.0 Å². The van der Waals surface area contributed by atoms with Crippen LogP contribution < -0.4 is 10.6 Å². The van der Waals surface area contributed by atoms with Gasteiger partial charge in [-0.1, -0.05) is 60.7 Å². The van der Waals surface area contributed by atoms with Crippen molar-refractivity contribution < 1.29 is 19.1 Å². The summed E-state index contributed by atoms with van der Waals surface area (Å²) in [5.74, 6) is -0.262. The fourth-order valence-electron chi connectivity index (χ4n) is 5.34. The Bertz CT molecular complexity index is 1010. The van der Waals surface area contributed by atoms with Gasteiger partial charge in [-0.2, -0.15) is 0 Å². The van der Waals surface area contributed by atoms with Crippen LogP contribution in [0, 0.1) is 5.92 Å². The van der Waals surface area contributed by atoms with Gasteiger partial charge in [-0.25, -0.2) is 9.69 Å². The van der Waals surface area contributed by atoms with Crippen LogP contribution in [0.5, 0.6) is 0 Å². The first kappa shape index (κ1) is 23.5. The number of rotatable bonds is 7. The van der Waals surface area contributed by atoms with Crippen molar-refractivity contribution in [1.82, 2.24) is 20.4 Å². The van der Waals surface area contributed by atoms with Gasteiger partial charge in [-0.3, -0.25) is 14.5 Å². The van der Waals surface area contributed by atoms with E-state index in [1.807, 2.05) is 60.7 Å². The Hall–Kier alpha value is -3.23. The van der Waals surface area contributed by atoms with E-state index in [1.165, 1.54) is 4.90 Å². The molecular formula is C27H32N4O4. The molecule has 3 saturated heterocycles. The summed E-state index contributed by atoms with van der Waals surface area (Å²) < 4.78 is 5.58. The molecule has 0 unspecified atom stereocenters. The second-order valence-corrected chi connectivity index (χ2v) is 9.56. The quantitative estimate of drug-likeness (QED) is 0.599. The van der Waals surface area contributed by atoms with Crippen LogP contribution in [-0.4, -0.2) is 66.7 Å². The highest BCUT2D eigenvalue weighted by Gasteiger charge is 2.54. The molecule has 3 aliphatic rings. The first-order valence-electron chi connectivity index (χ1n) is 12.4. The molecule has 0 aliphatic carbocycles. The summed E-state index contributed by atoms with van der Waals surface area (Å²) in [4.78, 5) is 42.9. The minimum absolute atomic E-state index is 0.0523. The van der Waals surface area contributed by atoms with Crippen molar-refractivity contribution in [2.24, 2.45) is 5.92 Å². The van der Waals surface area contributed by atoms with Crippen LogP contribution in [0.4, 0.5) is 4.79 Å². The van der Waals surface area contributed by atoms with Gasteiger partial charge in [-0.05, 0) is 36.8 Å². The normalized spacial score (nSPS) is 22.9. The number of benzene rings is 2. The molecule has 8 heteroatoms. The van der Waals surface area contributed by atoms with Crippen molar-refractivity contribution in [2.75, 3.05) is 32.9 Å². The predicted molar refractivity (Wildman–Crippen MR) is 130 cm³/mol. The Morgan fingerprint density at radius 3 is 2.17 bits per heavy atom. The molecule has 8 nitrogen and oxygen atoms in total. The number of nitrogens with zero attached hydrogens (tertiary/aromatic N) is 2. The van der Waals surface area contributed by atoms with Gasteiger partial charge >= 0.3 is 6.03 Å². The molecule has 2 N–H and O–H groups in total. The highest BCUT2D eigenvalue weighted by atomic mass is 16.5. The largest absolute Gasteiger partial charge is 0.376 e. The van der Waals surface area contributed by atoms with Crippen molar-refractivity contribution in [3.05, 3.63) is 71.8 Å². The van der Waals surface area contributed by atoms with E-state index in [4.69, 9.17) is 4.74 Å². The average molecular weight is 477 g/mol. The maximum Gasteiger partial charge on any atom is 0.326 e. The Kier molecular flexibility index (Phi) is 6.83. The minimum Gasteiger partial charge on any atom is -0.376 e. The summed E-state index contributed by atoms with van der Waals surface area (Å²) in [6.45, 7) is 2.86. The molecule has 2 aromatic carbocycles. The third-order valence-electron chi connectivity index (χ3n) is 7.35. The van der Waals surface area contributed by atoms with Crippen molar-refractivity contribution >= 4 is 17.8 Å². The first-order valence-corrected chi connectivity index (χ1v) is 12.4. The van der Waals surface area contributed by atoms with E-state index in [0.717, 1.165) is 30.6 Å². The standard InChI is InChI=1S/C27H32N4O4/c32-24(28-18-23-12-7-17-35-23)20-13-15-30(16-14-20)19-31-25(33)27(29-26(31)34,21-8-3-1-4-9-21)22-10-5-2-6-11-22/h1-6,8-11,20,23H,7,12-19H2,(H,28,32)(H,29,34)/t23-/m0/s1. The number of carbonyl (C=O) groups is 3. The maximum absolute atomic E-state index is 13.8.